The molecule has 0 aliphatic heterocycles. The first-order chi connectivity index (χ1) is 30.0. The Kier molecular flexibility index (Phi) is 12.1. The highest BCUT2D eigenvalue weighted by Crippen LogP contribution is 2.57. The number of aryl methyl sites for hydroxylation is 1. The molecular weight excluding hydrogens is 739 g/mol. The van der Waals surface area contributed by atoms with E-state index in [0.29, 0.717) is 0 Å². The molecule has 3 heteroatoms. The molecule has 5 N–H and O–H groups in total. The third-order valence-electron chi connectivity index (χ3n) is 11.5. The molecule has 9 aromatic carbocycles. The molecule has 0 radical (unpaired) electrons. The molecule has 0 unspecified atom stereocenters. The number of nitrogens with two attached hydrogens (primary N) is 2. The lowest BCUT2D eigenvalue weighted by Gasteiger charge is -2.34. The van der Waals surface area contributed by atoms with E-state index in [1.165, 1.54) is 72.3 Å². The summed E-state index contributed by atoms with van der Waals surface area (Å²) in [5.74, 6) is 0. The van der Waals surface area contributed by atoms with Crippen LogP contribution in [0.1, 0.15) is 38.9 Å². The molecule has 0 amide bonds. The Morgan fingerprint density at radius 2 is 0.934 bits per heavy atom. The Balaban J connectivity index is 0.000000270. The van der Waals surface area contributed by atoms with Gasteiger partial charge in [0.1, 0.15) is 0 Å². The highest BCUT2D eigenvalue weighted by molar-refractivity contribution is 5.90. The summed E-state index contributed by atoms with van der Waals surface area (Å²) in [4.78, 5) is 0. The molecule has 0 saturated carbocycles. The summed E-state index contributed by atoms with van der Waals surface area (Å²) in [6.45, 7) is 2.12. The summed E-state index contributed by atoms with van der Waals surface area (Å²) in [5, 5.41) is 5.86. The number of nitrogens with one attached hydrogen (secondary N) is 1. The number of rotatable bonds is 7. The van der Waals surface area contributed by atoms with Crippen molar-refractivity contribution in [2.45, 2.75) is 18.8 Å². The number of anilines is 1. The fourth-order valence-electron chi connectivity index (χ4n) is 8.91. The first kappa shape index (κ1) is 40.0. The van der Waals surface area contributed by atoms with E-state index in [1.807, 2.05) is 24.3 Å². The smallest absolute Gasteiger partial charge is 0.0765 e. The van der Waals surface area contributed by atoms with Crippen LogP contribution in [0.5, 0.6) is 0 Å². The van der Waals surface area contributed by atoms with Crippen molar-refractivity contribution in [2.75, 3.05) is 5.73 Å². The summed E-state index contributed by atoms with van der Waals surface area (Å²) >= 11 is 0. The standard InChI is InChI=1S/C44H33N.C13H12.CH4N2/c45-42-25-12-10-21-38(42)37-20-8-7-19-36(37)32-28-26-31(27-29-32)30-33-14-13-24-41-43(33)39-22-9-11-23-40(39)44(41,34-15-3-1-4-16-34)35-17-5-2-6-18-35;1-11-6-5-9-13(10-11)12-7-3-2-4-8-12;2-1-3/h1-29H,30,45H2;2-10H,1H3;1H,(H3,2,3). The predicted octanol–water partition coefficient (Wildman–Crippen LogP) is 13.8. The van der Waals surface area contributed by atoms with E-state index in [1.54, 1.807) is 0 Å². The zero-order valence-corrected chi connectivity index (χ0v) is 34.4. The number of fused-ring (bicyclic) bond motifs is 3. The molecule has 0 heterocycles. The number of nitrogen functional groups attached to an aromatic ring is 1. The van der Waals surface area contributed by atoms with Crippen molar-refractivity contribution in [1.29, 1.82) is 5.41 Å². The van der Waals surface area contributed by atoms with Gasteiger partial charge in [0.25, 0.3) is 0 Å². The fraction of sp³-hybridized carbons (Fsp3) is 0.0517. The molecule has 0 aromatic heterocycles. The summed E-state index contributed by atoms with van der Waals surface area (Å²) < 4.78 is 0. The van der Waals surface area contributed by atoms with Crippen LogP contribution in [-0.4, -0.2) is 6.34 Å². The molecular formula is C58H49N3. The average Bonchev–Trinajstić information content (AvgIpc) is 3.63. The van der Waals surface area contributed by atoms with E-state index in [4.69, 9.17) is 11.1 Å². The Morgan fingerprint density at radius 1 is 0.443 bits per heavy atom. The van der Waals surface area contributed by atoms with Crippen LogP contribution >= 0.6 is 0 Å². The molecule has 61 heavy (non-hydrogen) atoms. The van der Waals surface area contributed by atoms with Gasteiger partial charge in [-0.2, -0.15) is 0 Å². The highest BCUT2D eigenvalue weighted by atomic mass is 14.6. The maximum Gasteiger partial charge on any atom is 0.0765 e. The highest BCUT2D eigenvalue weighted by Gasteiger charge is 2.46. The lowest BCUT2D eigenvalue weighted by molar-refractivity contribution is 0.768. The van der Waals surface area contributed by atoms with Crippen molar-refractivity contribution in [1.82, 2.24) is 0 Å². The molecule has 1 aliphatic carbocycles. The third kappa shape index (κ3) is 8.15. The zero-order chi connectivity index (χ0) is 42.0. The quantitative estimate of drug-likeness (QED) is 0.0855. The first-order valence-electron chi connectivity index (χ1n) is 20.7. The second-order valence-electron chi connectivity index (χ2n) is 15.3. The molecule has 9 aromatic rings. The van der Waals surface area contributed by atoms with E-state index >= 15 is 0 Å². The molecule has 0 atom stereocenters. The summed E-state index contributed by atoms with van der Waals surface area (Å²) in [6, 6.07) is 82.6. The lowest BCUT2D eigenvalue weighted by Crippen LogP contribution is -2.28. The van der Waals surface area contributed by atoms with E-state index < -0.39 is 0 Å². The maximum absolute atomic E-state index is 6.38. The van der Waals surface area contributed by atoms with Crippen molar-refractivity contribution < 1.29 is 0 Å². The summed E-state index contributed by atoms with van der Waals surface area (Å²) in [5.41, 5.74) is 30.3. The fourth-order valence-corrected chi connectivity index (χ4v) is 8.91. The van der Waals surface area contributed by atoms with Crippen molar-refractivity contribution in [2.24, 2.45) is 5.73 Å². The van der Waals surface area contributed by atoms with Gasteiger partial charge in [-0.05, 0) is 91.7 Å². The van der Waals surface area contributed by atoms with Gasteiger partial charge in [0, 0.05) is 11.3 Å². The van der Waals surface area contributed by atoms with Gasteiger partial charge in [0.2, 0.25) is 0 Å². The van der Waals surface area contributed by atoms with Crippen LogP contribution in [0.3, 0.4) is 0 Å². The van der Waals surface area contributed by atoms with Gasteiger partial charge in [-0.3, -0.25) is 5.41 Å². The summed E-state index contributed by atoms with van der Waals surface area (Å²) in [7, 11) is 0. The minimum atomic E-state index is -0.378. The summed E-state index contributed by atoms with van der Waals surface area (Å²) in [6.07, 6.45) is 1.60. The van der Waals surface area contributed by atoms with Gasteiger partial charge in [-0.25, -0.2) is 0 Å². The van der Waals surface area contributed by atoms with Crippen molar-refractivity contribution in [3.05, 3.63) is 269 Å². The molecule has 3 nitrogen and oxygen atoms in total. The molecule has 10 rings (SSSR count). The first-order valence-corrected chi connectivity index (χ1v) is 20.7. The zero-order valence-electron chi connectivity index (χ0n) is 34.4. The number of hydrogen-bond donors (Lipinski definition) is 3. The number of benzene rings is 9. The molecule has 0 fully saturated rings. The van der Waals surface area contributed by atoms with Crippen LogP contribution < -0.4 is 11.5 Å². The van der Waals surface area contributed by atoms with Crippen LogP contribution in [-0.2, 0) is 11.8 Å². The van der Waals surface area contributed by atoms with Crippen molar-refractivity contribution >= 4 is 12.0 Å². The Bertz CT molecular complexity index is 2830. The number of hydrogen-bond acceptors (Lipinski definition) is 2. The van der Waals surface area contributed by atoms with Crippen molar-refractivity contribution in [3.8, 4) is 44.5 Å². The lowest BCUT2D eigenvalue weighted by atomic mass is 9.67. The van der Waals surface area contributed by atoms with Crippen LogP contribution in [0, 0.1) is 12.3 Å². The van der Waals surface area contributed by atoms with Gasteiger partial charge in [-0.1, -0.05) is 230 Å². The van der Waals surface area contributed by atoms with Gasteiger partial charge in [-0.15, -0.1) is 0 Å². The average molecular weight is 788 g/mol. The maximum atomic E-state index is 6.38. The van der Waals surface area contributed by atoms with Crippen LogP contribution in [0.25, 0.3) is 44.5 Å². The topological polar surface area (TPSA) is 75.9 Å². The Morgan fingerprint density at radius 3 is 1.56 bits per heavy atom. The van der Waals surface area contributed by atoms with E-state index in [0.717, 1.165) is 29.6 Å². The molecule has 296 valence electrons. The Labute approximate surface area is 360 Å². The van der Waals surface area contributed by atoms with Crippen LogP contribution in [0.2, 0.25) is 0 Å². The second-order valence-corrected chi connectivity index (χ2v) is 15.3. The predicted molar refractivity (Wildman–Crippen MR) is 258 cm³/mol. The minimum absolute atomic E-state index is 0.378. The molecule has 0 spiro atoms. The van der Waals surface area contributed by atoms with E-state index in [-0.39, 0.29) is 5.41 Å². The Hall–Kier alpha value is -7.75. The van der Waals surface area contributed by atoms with Gasteiger partial charge < -0.3 is 11.5 Å². The third-order valence-corrected chi connectivity index (χ3v) is 11.5. The van der Waals surface area contributed by atoms with Crippen LogP contribution in [0.4, 0.5) is 5.69 Å². The van der Waals surface area contributed by atoms with Gasteiger partial charge in [0.05, 0.1) is 11.8 Å². The molecule has 0 saturated heterocycles. The van der Waals surface area contributed by atoms with E-state index in [9.17, 15) is 0 Å². The molecule has 1 aliphatic rings. The second kappa shape index (κ2) is 18.4. The monoisotopic (exact) mass is 787 g/mol. The largest absolute Gasteiger partial charge is 0.398 e. The van der Waals surface area contributed by atoms with Gasteiger partial charge >= 0.3 is 0 Å². The molecule has 0 bridgehead atoms. The number of para-hydroxylation sites is 1. The normalized spacial score (nSPS) is 11.8. The SMILES string of the molecule is Cc1cccc(-c2ccccc2)c1.N=CN.Nc1ccccc1-c1ccccc1-c1ccc(Cc2cccc3c2-c2ccccc2C3(c2ccccc2)c2ccccc2)cc1. The van der Waals surface area contributed by atoms with Gasteiger partial charge in [0.15, 0.2) is 0 Å². The van der Waals surface area contributed by atoms with E-state index in [2.05, 4.69) is 219 Å². The van der Waals surface area contributed by atoms with Crippen LogP contribution in [0.15, 0.2) is 231 Å². The van der Waals surface area contributed by atoms with Crippen molar-refractivity contribution in [3.63, 3.8) is 0 Å². The minimum Gasteiger partial charge on any atom is -0.398 e.